The summed E-state index contributed by atoms with van der Waals surface area (Å²) in [5.74, 6) is 0.921. The van der Waals surface area contributed by atoms with Crippen molar-refractivity contribution in [2.24, 2.45) is 4.99 Å². The number of rotatable bonds is 2. The van der Waals surface area contributed by atoms with Gasteiger partial charge in [0.15, 0.2) is 5.96 Å². The Balaban J connectivity index is 0.00000128. The Bertz CT molecular complexity index is 351. The van der Waals surface area contributed by atoms with Gasteiger partial charge in [-0.25, -0.2) is 0 Å². The number of benzene rings is 1. The van der Waals surface area contributed by atoms with E-state index < -0.39 is 0 Å². The molecule has 0 fully saturated rings. The maximum absolute atomic E-state index is 4.35. The van der Waals surface area contributed by atoms with Gasteiger partial charge in [0.2, 0.25) is 0 Å². The molecule has 0 aliphatic carbocycles. The smallest absolute Gasteiger partial charge is 0.191 e. The minimum absolute atomic E-state index is 0. The average molecular weight is 396 g/mol. The molecule has 16 heavy (non-hydrogen) atoms. The molecule has 2 rings (SSSR count). The number of hydrogen-bond acceptors (Lipinski definition) is 3. The lowest BCUT2D eigenvalue weighted by Crippen LogP contribution is -2.40. The van der Waals surface area contributed by atoms with Crippen LogP contribution >= 0.6 is 39.9 Å². The zero-order valence-corrected chi connectivity index (χ0v) is 12.8. The van der Waals surface area contributed by atoms with E-state index in [-0.39, 0.29) is 24.0 Å². The Hall–Kier alpha value is -0.300. The van der Waals surface area contributed by atoms with Crippen molar-refractivity contribution < 1.29 is 0 Å². The second kappa shape index (κ2) is 7.11. The maximum Gasteiger partial charge on any atom is 0.191 e. The van der Waals surface area contributed by atoms with Crippen LogP contribution in [-0.2, 0) is 6.54 Å². The SMILES string of the molecule is Brc1ccc(CNC2=NCCCN2)cc1.I. The molecule has 0 atom stereocenters. The van der Waals surface area contributed by atoms with Crippen LogP contribution in [0.3, 0.4) is 0 Å². The number of hydrogen-bond donors (Lipinski definition) is 2. The highest BCUT2D eigenvalue weighted by Crippen LogP contribution is 2.10. The molecule has 0 unspecified atom stereocenters. The van der Waals surface area contributed by atoms with E-state index >= 15 is 0 Å². The first-order valence-corrected chi connectivity index (χ1v) is 5.90. The highest BCUT2D eigenvalue weighted by atomic mass is 127. The fourth-order valence-electron chi connectivity index (χ4n) is 1.44. The number of nitrogens with zero attached hydrogens (tertiary/aromatic N) is 1. The Kier molecular flexibility index (Phi) is 6.12. The van der Waals surface area contributed by atoms with Crippen molar-refractivity contribution in [3.63, 3.8) is 0 Å². The van der Waals surface area contributed by atoms with Gasteiger partial charge in [-0.2, -0.15) is 0 Å². The van der Waals surface area contributed by atoms with Crippen LogP contribution in [0.25, 0.3) is 0 Å². The normalized spacial score (nSPS) is 14.4. The summed E-state index contributed by atoms with van der Waals surface area (Å²) in [6.45, 7) is 2.76. The molecular weight excluding hydrogens is 381 g/mol. The third-order valence-electron chi connectivity index (χ3n) is 2.27. The molecule has 0 saturated carbocycles. The van der Waals surface area contributed by atoms with Gasteiger partial charge >= 0.3 is 0 Å². The predicted molar refractivity (Wildman–Crippen MR) is 81.3 cm³/mol. The van der Waals surface area contributed by atoms with Crippen LogP contribution in [0.15, 0.2) is 33.7 Å². The number of halogens is 2. The molecule has 1 aromatic rings. The van der Waals surface area contributed by atoms with Gasteiger partial charge in [0.05, 0.1) is 0 Å². The topological polar surface area (TPSA) is 36.4 Å². The van der Waals surface area contributed by atoms with Crippen molar-refractivity contribution in [2.75, 3.05) is 13.1 Å². The zero-order chi connectivity index (χ0) is 10.5. The molecular formula is C11H15BrIN3. The Labute approximate surface area is 121 Å². The largest absolute Gasteiger partial charge is 0.356 e. The van der Waals surface area contributed by atoms with E-state index in [0.29, 0.717) is 0 Å². The van der Waals surface area contributed by atoms with Crippen molar-refractivity contribution in [3.05, 3.63) is 34.3 Å². The molecule has 1 heterocycles. The summed E-state index contributed by atoms with van der Waals surface area (Å²) in [7, 11) is 0. The van der Waals surface area contributed by atoms with Gasteiger partial charge in [-0.05, 0) is 24.1 Å². The molecule has 0 aromatic heterocycles. The second-order valence-electron chi connectivity index (χ2n) is 3.49. The first kappa shape index (κ1) is 13.8. The predicted octanol–water partition coefficient (Wildman–Crippen LogP) is 2.51. The minimum atomic E-state index is 0. The minimum Gasteiger partial charge on any atom is -0.356 e. The van der Waals surface area contributed by atoms with E-state index in [1.807, 2.05) is 12.1 Å². The molecule has 1 aliphatic heterocycles. The van der Waals surface area contributed by atoms with Crippen LogP contribution in [0.4, 0.5) is 0 Å². The summed E-state index contributed by atoms with van der Waals surface area (Å²) < 4.78 is 1.11. The Morgan fingerprint density at radius 1 is 1.31 bits per heavy atom. The molecule has 0 spiro atoms. The fraction of sp³-hybridized carbons (Fsp3) is 0.364. The maximum atomic E-state index is 4.35. The van der Waals surface area contributed by atoms with E-state index in [4.69, 9.17) is 0 Å². The van der Waals surface area contributed by atoms with Crippen molar-refractivity contribution in [3.8, 4) is 0 Å². The van der Waals surface area contributed by atoms with Crippen LogP contribution in [-0.4, -0.2) is 19.0 Å². The van der Waals surface area contributed by atoms with Gasteiger partial charge in [0.1, 0.15) is 0 Å². The van der Waals surface area contributed by atoms with Crippen LogP contribution in [0.1, 0.15) is 12.0 Å². The lowest BCUT2D eigenvalue weighted by atomic mass is 10.2. The molecule has 2 N–H and O–H groups in total. The third kappa shape index (κ3) is 4.29. The summed E-state index contributed by atoms with van der Waals surface area (Å²) in [5, 5.41) is 6.51. The molecule has 0 amide bonds. The van der Waals surface area contributed by atoms with Crippen LogP contribution < -0.4 is 10.6 Å². The van der Waals surface area contributed by atoms with Crippen LogP contribution in [0, 0.1) is 0 Å². The van der Waals surface area contributed by atoms with E-state index in [2.05, 4.69) is 43.7 Å². The number of nitrogens with one attached hydrogen (secondary N) is 2. The van der Waals surface area contributed by atoms with Crippen molar-refractivity contribution in [2.45, 2.75) is 13.0 Å². The zero-order valence-electron chi connectivity index (χ0n) is 8.87. The molecule has 3 nitrogen and oxygen atoms in total. The van der Waals surface area contributed by atoms with Gasteiger partial charge in [0, 0.05) is 24.1 Å². The summed E-state index contributed by atoms with van der Waals surface area (Å²) in [5.41, 5.74) is 1.26. The summed E-state index contributed by atoms with van der Waals surface area (Å²) in [4.78, 5) is 4.35. The molecule has 0 radical (unpaired) electrons. The summed E-state index contributed by atoms with van der Waals surface area (Å²) in [6, 6.07) is 8.29. The van der Waals surface area contributed by atoms with E-state index in [1.54, 1.807) is 0 Å². The van der Waals surface area contributed by atoms with Gasteiger partial charge in [-0.1, -0.05) is 28.1 Å². The lowest BCUT2D eigenvalue weighted by molar-refractivity contribution is 0.702. The quantitative estimate of drug-likeness (QED) is 0.755. The van der Waals surface area contributed by atoms with Gasteiger partial charge < -0.3 is 10.6 Å². The molecule has 5 heteroatoms. The lowest BCUT2D eigenvalue weighted by Gasteiger charge is -2.15. The second-order valence-corrected chi connectivity index (χ2v) is 4.41. The van der Waals surface area contributed by atoms with Gasteiger partial charge in [0.25, 0.3) is 0 Å². The molecule has 1 aromatic carbocycles. The third-order valence-corrected chi connectivity index (χ3v) is 2.80. The number of aliphatic imine (C=N–C) groups is 1. The van der Waals surface area contributed by atoms with E-state index in [1.165, 1.54) is 5.56 Å². The van der Waals surface area contributed by atoms with Crippen molar-refractivity contribution in [1.29, 1.82) is 0 Å². The molecule has 0 bridgehead atoms. The van der Waals surface area contributed by atoms with Gasteiger partial charge in [-0.3, -0.25) is 4.99 Å². The van der Waals surface area contributed by atoms with E-state index in [9.17, 15) is 0 Å². The van der Waals surface area contributed by atoms with Crippen molar-refractivity contribution >= 4 is 45.9 Å². The summed E-state index contributed by atoms with van der Waals surface area (Å²) >= 11 is 3.42. The standard InChI is InChI=1S/C11H14BrN3.HI/c12-10-4-2-9(3-5-10)8-15-11-13-6-1-7-14-11;/h2-5H,1,6-8H2,(H2,13,14,15);1H. The highest BCUT2D eigenvalue weighted by Gasteiger charge is 2.02. The van der Waals surface area contributed by atoms with E-state index in [0.717, 1.165) is 36.5 Å². The van der Waals surface area contributed by atoms with Crippen LogP contribution in [0.2, 0.25) is 0 Å². The van der Waals surface area contributed by atoms with Gasteiger partial charge in [-0.15, -0.1) is 24.0 Å². The first-order chi connectivity index (χ1) is 7.34. The highest BCUT2D eigenvalue weighted by molar-refractivity contribution is 14.0. The first-order valence-electron chi connectivity index (χ1n) is 5.11. The molecule has 88 valence electrons. The van der Waals surface area contributed by atoms with Crippen LogP contribution in [0.5, 0.6) is 0 Å². The Morgan fingerprint density at radius 2 is 2.06 bits per heavy atom. The average Bonchev–Trinajstić information content (AvgIpc) is 2.30. The monoisotopic (exact) mass is 395 g/mol. The number of guanidine groups is 1. The molecule has 0 saturated heterocycles. The fourth-order valence-corrected chi connectivity index (χ4v) is 1.70. The molecule has 1 aliphatic rings. The Morgan fingerprint density at radius 3 is 2.69 bits per heavy atom. The summed E-state index contributed by atoms with van der Waals surface area (Å²) in [6.07, 6.45) is 1.13. The van der Waals surface area contributed by atoms with Crippen molar-refractivity contribution in [1.82, 2.24) is 10.6 Å².